The second kappa shape index (κ2) is 8.33. The summed E-state index contributed by atoms with van der Waals surface area (Å²) in [6.45, 7) is 1.51. The molecule has 0 atom stereocenters. The SMILES string of the molecule is O=C(Nc1c2c(nc3c1CCC3)CCCC2)c1ccc(S(=O)(=O)N2CCOCC2)cc1. The number of nitrogens with one attached hydrogen (secondary N) is 1. The van der Waals surface area contributed by atoms with E-state index < -0.39 is 10.0 Å². The van der Waals surface area contributed by atoms with Gasteiger partial charge >= 0.3 is 0 Å². The molecule has 7 nitrogen and oxygen atoms in total. The maximum atomic E-state index is 13.1. The van der Waals surface area contributed by atoms with E-state index in [1.165, 1.54) is 27.6 Å². The van der Waals surface area contributed by atoms with Gasteiger partial charge in [0.25, 0.3) is 5.91 Å². The van der Waals surface area contributed by atoms with E-state index in [2.05, 4.69) is 5.32 Å². The normalized spacial score (nSPS) is 19.0. The van der Waals surface area contributed by atoms with E-state index in [-0.39, 0.29) is 10.8 Å². The molecule has 1 aliphatic heterocycles. The Bertz CT molecular complexity index is 1110. The van der Waals surface area contributed by atoms with Gasteiger partial charge in [-0.25, -0.2) is 8.42 Å². The van der Waals surface area contributed by atoms with E-state index >= 15 is 0 Å². The molecule has 8 heteroatoms. The van der Waals surface area contributed by atoms with E-state index in [4.69, 9.17) is 9.72 Å². The van der Waals surface area contributed by atoms with Crippen LogP contribution < -0.4 is 5.32 Å². The number of aryl methyl sites for hydroxylation is 2. The van der Waals surface area contributed by atoms with Gasteiger partial charge in [-0.1, -0.05) is 0 Å². The summed E-state index contributed by atoms with van der Waals surface area (Å²) in [6, 6.07) is 6.23. The van der Waals surface area contributed by atoms with Crippen LogP contribution in [-0.2, 0) is 40.4 Å². The van der Waals surface area contributed by atoms with Crippen LogP contribution in [0.3, 0.4) is 0 Å². The molecule has 0 unspecified atom stereocenters. The topological polar surface area (TPSA) is 88.6 Å². The second-order valence-corrected chi connectivity index (χ2v) is 10.3. The third-order valence-corrected chi connectivity index (χ3v) is 8.38. The summed E-state index contributed by atoms with van der Waals surface area (Å²) in [4.78, 5) is 18.1. The number of hydrogen-bond acceptors (Lipinski definition) is 5. The first-order valence-electron chi connectivity index (χ1n) is 11.1. The first-order chi connectivity index (χ1) is 15.0. The van der Waals surface area contributed by atoms with Crippen LogP contribution in [-0.4, -0.2) is 49.9 Å². The van der Waals surface area contributed by atoms with Gasteiger partial charge in [0.15, 0.2) is 0 Å². The van der Waals surface area contributed by atoms with Gasteiger partial charge in [-0.05, 0) is 80.3 Å². The van der Waals surface area contributed by atoms with Crippen molar-refractivity contribution >= 4 is 21.6 Å². The van der Waals surface area contributed by atoms with Crippen molar-refractivity contribution in [2.75, 3.05) is 31.6 Å². The lowest BCUT2D eigenvalue weighted by molar-refractivity contribution is 0.0730. The number of carbonyl (C=O) groups excluding carboxylic acids is 1. The van der Waals surface area contributed by atoms with Crippen molar-refractivity contribution in [3.63, 3.8) is 0 Å². The molecule has 1 saturated heterocycles. The zero-order valence-corrected chi connectivity index (χ0v) is 18.3. The van der Waals surface area contributed by atoms with E-state index in [9.17, 15) is 13.2 Å². The number of benzene rings is 1. The van der Waals surface area contributed by atoms with Crippen molar-refractivity contribution in [1.82, 2.24) is 9.29 Å². The zero-order valence-electron chi connectivity index (χ0n) is 17.5. The largest absolute Gasteiger partial charge is 0.379 e. The molecule has 2 aromatic rings. The first-order valence-corrected chi connectivity index (χ1v) is 12.5. The van der Waals surface area contributed by atoms with Crippen LogP contribution in [0.2, 0.25) is 0 Å². The van der Waals surface area contributed by atoms with Crippen molar-refractivity contribution in [2.45, 2.75) is 49.8 Å². The lowest BCUT2D eigenvalue weighted by Gasteiger charge is -2.26. The molecule has 1 aromatic carbocycles. The summed E-state index contributed by atoms with van der Waals surface area (Å²) < 4.78 is 32.3. The summed E-state index contributed by atoms with van der Waals surface area (Å²) in [6.07, 6.45) is 7.17. The Morgan fingerprint density at radius 1 is 0.903 bits per heavy atom. The molecule has 2 heterocycles. The van der Waals surface area contributed by atoms with Crippen molar-refractivity contribution in [1.29, 1.82) is 0 Å². The minimum absolute atomic E-state index is 0.202. The molecule has 0 bridgehead atoms. The Balaban J connectivity index is 1.39. The number of nitrogens with zero attached hydrogens (tertiary/aromatic N) is 2. The van der Waals surface area contributed by atoms with Crippen LogP contribution in [0.25, 0.3) is 0 Å². The highest BCUT2D eigenvalue weighted by Gasteiger charge is 2.28. The highest BCUT2D eigenvalue weighted by Crippen LogP contribution is 2.36. The smallest absolute Gasteiger partial charge is 0.255 e. The maximum Gasteiger partial charge on any atom is 0.255 e. The predicted molar refractivity (Wildman–Crippen MR) is 117 cm³/mol. The maximum absolute atomic E-state index is 13.1. The number of ether oxygens (including phenoxy) is 1. The number of hydrogen-bond donors (Lipinski definition) is 1. The Labute approximate surface area is 182 Å². The average molecular weight is 442 g/mol. The van der Waals surface area contributed by atoms with Crippen LogP contribution in [0, 0.1) is 0 Å². The van der Waals surface area contributed by atoms with Gasteiger partial charge in [0, 0.05) is 30.0 Å². The summed E-state index contributed by atoms with van der Waals surface area (Å²) in [5, 5.41) is 3.15. The molecule has 5 rings (SSSR count). The lowest BCUT2D eigenvalue weighted by Crippen LogP contribution is -2.40. The summed E-state index contributed by atoms with van der Waals surface area (Å²) >= 11 is 0. The number of morpholine rings is 1. The fourth-order valence-corrected chi connectivity index (χ4v) is 6.21. The second-order valence-electron chi connectivity index (χ2n) is 8.39. The van der Waals surface area contributed by atoms with E-state index in [0.717, 1.165) is 62.0 Å². The molecular weight excluding hydrogens is 414 g/mol. The molecule has 31 heavy (non-hydrogen) atoms. The number of pyridine rings is 1. The summed E-state index contributed by atoms with van der Waals surface area (Å²) in [7, 11) is -3.57. The summed E-state index contributed by atoms with van der Waals surface area (Å²) in [5.41, 5.74) is 6.03. The van der Waals surface area contributed by atoms with Crippen LogP contribution in [0.1, 0.15) is 52.1 Å². The fraction of sp³-hybridized carbons (Fsp3) is 0.478. The molecule has 1 fully saturated rings. The average Bonchev–Trinajstić information content (AvgIpc) is 3.28. The van der Waals surface area contributed by atoms with Crippen LogP contribution >= 0.6 is 0 Å². The Kier molecular flexibility index (Phi) is 5.54. The zero-order chi connectivity index (χ0) is 21.4. The molecule has 0 saturated carbocycles. The minimum Gasteiger partial charge on any atom is -0.379 e. The molecule has 0 radical (unpaired) electrons. The molecule has 1 N–H and O–H groups in total. The van der Waals surface area contributed by atoms with Crippen LogP contribution in [0.15, 0.2) is 29.2 Å². The van der Waals surface area contributed by atoms with Gasteiger partial charge in [-0.2, -0.15) is 4.31 Å². The molecule has 1 amide bonds. The Hall–Kier alpha value is -2.29. The Morgan fingerprint density at radius 2 is 1.52 bits per heavy atom. The predicted octanol–water partition coefficient (Wildman–Crippen LogP) is 2.72. The van der Waals surface area contributed by atoms with Gasteiger partial charge in [0.2, 0.25) is 10.0 Å². The van der Waals surface area contributed by atoms with Gasteiger partial charge < -0.3 is 10.1 Å². The van der Waals surface area contributed by atoms with Crippen LogP contribution in [0.5, 0.6) is 0 Å². The fourth-order valence-electron chi connectivity index (χ4n) is 4.80. The van der Waals surface area contributed by atoms with E-state index in [0.29, 0.717) is 31.9 Å². The van der Waals surface area contributed by atoms with Crippen molar-refractivity contribution < 1.29 is 17.9 Å². The third-order valence-electron chi connectivity index (χ3n) is 6.46. The van der Waals surface area contributed by atoms with Gasteiger partial charge in [0.05, 0.1) is 23.8 Å². The Morgan fingerprint density at radius 3 is 2.23 bits per heavy atom. The molecule has 3 aliphatic rings. The van der Waals surface area contributed by atoms with Crippen molar-refractivity contribution in [2.24, 2.45) is 0 Å². The van der Waals surface area contributed by atoms with Crippen molar-refractivity contribution in [3.8, 4) is 0 Å². The molecule has 164 valence electrons. The highest BCUT2D eigenvalue weighted by atomic mass is 32.2. The van der Waals surface area contributed by atoms with E-state index in [1.54, 1.807) is 12.1 Å². The number of carbonyl (C=O) groups is 1. The number of fused-ring (bicyclic) bond motifs is 2. The quantitative estimate of drug-likeness (QED) is 0.788. The third kappa shape index (κ3) is 3.88. The number of aromatic nitrogens is 1. The molecule has 0 spiro atoms. The number of amides is 1. The van der Waals surface area contributed by atoms with Gasteiger partial charge in [-0.15, -0.1) is 0 Å². The molecular formula is C23H27N3O4S. The van der Waals surface area contributed by atoms with Gasteiger partial charge in [0.1, 0.15) is 0 Å². The van der Waals surface area contributed by atoms with Crippen LogP contribution in [0.4, 0.5) is 5.69 Å². The number of rotatable bonds is 4. The first kappa shape index (κ1) is 20.6. The minimum atomic E-state index is -3.57. The number of sulfonamides is 1. The van der Waals surface area contributed by atoms with E-state index in [1.807, 2.05) is 0 Å². The highest BCUT2D eigenvalue weighted by molar-refractivity contribution is 7.89. The molecule has 1 aromatic heterocycles. The standard InChI is InChI=1S/C23H27N3O4S/c27-23(16-8-10-17(11-9-16)31(28,29)26-12-14-30-15-13-26)25-22-18-4-1-2-6-20(18)24-21-7-3-5-19(21)22/h8-11H,1-7,12-15H2,(H,24,25,27). The monoisotopic (exact) mass is 441 g/mol. The van der Waals surface area contributed by atoms with Crippen molar-refractivity contribution in [3.05, 3.63) is 52.3 Å². The molecule has 2 aliphatic carbocycles. The number of anilines is 1. The lowest BCUT2D eigenvalue weighted by atomic mass is 9.92. The summed E-state index contributed by atoms with van der Waals surface area (Å²) in [5.74, 6) is -0.205. The van der Waals surface area contributed by atoms with Gasteiger partial charge in [-0.3, -0.25) is 9.78 Å².